The highest BCUT2D eigenvalue weighted by molar-refractivity contribution is 7.86. The maximum atomic E-state index is 11.9. The third-order valence-corrected chi connectivity index (χ3v) is 6.21. The molecule has 8 nitrogen and oxygen atoms in total. The zero-order valence-corrected chi connectivity index (χ0v) is 15.8. The molecule has 3 rings (SSSR count). The van der Waals surface area contributed by atoms with Crippen molar-refractivity contribution in [3.63, 3.8) is 0 Å². The van der Waals surface area contributed by atoms with E-state index in [0.29, 0.717) is 6.42 Å². The monoisotopic (exact) mass is 404 g/mol. The molecule has 6 unspecified atom stereocenters. The number of aliphatic carboxylic acids is 1. The third-order valence-electron chi connectivity index (χ3n) is 5.06. The van der Waals surface area contributed by atoms with E-state index in [4.69, 9.17) is 8.37 Å². The molecular formula is C16H20O8S2. The van der Waals surface area contributed by atoms with Gasteiger partial charge in [-0.25, -0.2) is 0 Å². The summed E-state index contributed by atoms with van der Waals surface area (Å²) in [7, 11) is -7.80. The summed E-state index contributed by atoms with van der Waals surface area (Å²) in [5.41, 5.74) is 0.757. The second kappa shape index (κ2) is 6.59. The molecule has 1 N–H and O–H groups in total. The normalized spacial score (nSPS) is 34.1. The SMILES string of the molecule is CS(=O)(=O)OC1C2CC(C1OS(C)(=O)=O)C(c1ccccc1)C2C(=O)O. The Morgan fingerprint density at radius 3 is 1.92 bits per heavy atom. The largest absolute Gasteiger partial charge is 0.481 e. The molecule has 2 aliphatic rings. The fourth-order valence-corrected chi connectivity index (χ4v) is 5.74. The molecule has 10 heteroatoms. The first-order chi connectivity index (χ1) is 12.0. The molecule has 0 heterocycles. The fourth-order valence-electron chi connectivity index (χ4n) is 4.43. The van der Waals surface area contributed by atoms with Crippen LogP contribution in [-0.4, -0.2) is 52.6 Å². The van der Waals surface area contributed by atoms with Gasteiger partial charge in [-0.3, -0.25) is 13.2 Å². The lowest BCUT2D eigenvalue weighted by Crippen LogP contribution is -2.47. The van der Waals surface area contributed by atoms with Gasteiger partial charge in [0.05, 0.1) is 18.4 Å². The number of carboxylic acids is 1. The maximum absolute atomic E-state index is 11.9. The molecule has 2 bridgehead atoms. The van der Waals surface area contributed by atoms with E-state index in [9.17, 15) is 26.7 Å². The summed E-state index contributed by atoms with van der Waals surface area (Å²) in [6, 6.07) is 8.91. The van der Waals surface area contributed by atoms with Crippen LogP contribution in [0.2, 0.25) is 0 Å². The van der Waals surface area contributed by atoms with Gasteiger partial charge in [-0.2, -0.15) is 16.8 Å². The summed E-state index contributed by atoms with van der Waals surface area (Å²) in [5.74, 6) is -3.57. The van der Waals surface area contributed by atoms with Gasteiger partial charge >= 0.3 is 5.97 Å². The van der Waals surface area contributed by atoms with E-state index in [2.05, 4.69) is 0 Å². The van der Waals surface area contributed by atoms with Gasteiger partial charge in [0, 0.05) is 11.8 Å². The third kappa shape index (κ3) is 3.78. The van der Waals surface area contributed by atoms with Gasteiger partial charge in [-0.15, -0.1) is 0 Å². The highest BCUT2D eigenvalue weighted by Crippen LogP contribution is 2.59. The lowest BCUT2D eigenvalue weighted by Gasteiger charge is -2.37. The van der Waals surface area contributed by atoms with Crippen molar-refractivity contribution in [2.75, 3.05) is 12.5 Å². The van der Waals surface area contributed by atoms with E-state index < -0.39 is 62.1 Å². The summed E-state index contributed by atoms with van der Waals surface area (Å²) in [4.78, 5) is 11.9. The summed E-state index contributed by atoms with van der Waals surface area (Å²) in [6.45, 7) is 0. The van der Waals surface area contributed by atoms with Crippen molar-refractivity contribution in [1.29, 1.82) is 0 Å². The average molecular weight is 404 g/mol. The van der Waals surface area contributed by atoms with E-state index in [0.717, 1.165) is 18.1 Å². The van der Waals surface area contributed by atoms with Crippen LogP contribution in [0.15, 0.2) is 30.3 Å². The molecule has 0 aliphatic heterocycles. The molecule has 0 spiro atoms. The van der Waals surface area contributed by atoms with Crippen LogP contribution in [0, 0.1) is 17.8 Å². The van der Waals surface area contributed by atoms with Crippen molar-refractivity contribution in [1.82, 2.24) is 0 Å². The van der Waals surface area contributed by atoms with E-state index in [-0.39, 0.29) is 0 Å². The van der Waals surface area contributed by atoms with Crippen LogP contribution in [0.5, 0.6) is 0 Å². The van der Waals surface area contributed by atoms with Crippen LogP contribution in [-0.2, 0) is 33.4 Å². The van der Waals surface area contributed by atoms with Gasteiger partial charge in [0.25, 0.3) is 20.2 Å². The summed E-state index contributed by atoms with van der Waals surface area (Å²) < 4.78 is 56.9. The molecule has 2 saturated carbocycles. The lowest BCUT2D eigenvalue weighted by atomic mass is 9.73. The number of hydrogen-bond donors (Lipinski definition) is 1. The highest BCUT2D eigenvalue weighted by atomic mass is 32.2. The molecule has 2 aliphatic carbocycles. The predicted molar refractivity (Wildman–Crippen MR) is 91.3 cm³/mol. The number of fused-ring (bicyclic) bond motifs is 2. The van der Waals surface area contributed by atoms with E-state index >= 15 is 0 Å². The minimum atomic E-state index is -3.92. The molecule has 6 atom stereocenters. The first kappa shape index (κ1) is 19.3. The second-order valence-corrected chi connectivity index (χ2v) is 10.1. The Balaban J connectivity index is 2.04. The first-order valence-electron chi connectivity index (χ1n) is 8.02. The maximum Gasteiger partial charge on any atom is 0.307 e. The standard InChI is InChI=1S/C16H20O8S2/c1-25(19,20)23-14-10-8-11(15(14)24-26(2,21)22)13(16(17)18)12(10)9-6-4-3-5-7-9/h3-7,10-15H,8H2,1-2H3,(H,17,18). The lowest BCUT2D eigenvalue weighted by molar-refractivity contribution is -0.147. The minimum Gasteiger partial charge on any atom is -0.481 e. The van der Waals surface area contributed by atoms with E-state index in [1.54, 1.807) is 30.3 Å². The molecular weight excluding hydrogens is 384 g/mol. The van der Waals surface area contributed by atoms with Gasteiger partial charge in [-0.1, -0.05) is 30.3 Å². The Hall–Kier alpha value is -1.49. The zero-order valence-electron chi connectivity index (χ0n) is 14.2. The smallest absolute Gasteiger partial charge is 0.307 e. The van der Waals surface area contributed by atoms with Crippen molar-refractivity contribution >= 4 is 26.2 Å². The van der Waals surface area contributed by atoms with Crippen molar-refractivity contribution < 1.29 is 35.1 Å². The molecule has 2 fully saturated rings. The number of carboxylic acid groups (broad SMARTS) is 1. The molecule has 1 aromatic rings. The van der Waals surface area contributed by atoms with Gasteiger partial charge in [0.2, 0.25) is 0 Å². The van der Waals surface area contributed by atoms with Crippen molar-refractivity contribution in [2.24, 2.45) is 17.8 Å². The van der Waals surface area contributed by atoms with Crippen molar-refractivity contribution in [2.45, 2.75) is 24.5 Å². The highest BCUT2D eigenvalue weighted by Gasteiger charge is 2.63. The van der Waals surface area contributed by atoms with E-state index in [1.807, 2.05) is 0 Å². The Kier molecular flexibility index (Phi) is 4.89. The zero-order chi connectivity index (χ0) is 19.3. The van der Waals surface area contributed by atoms with E-state index in [1.165, 1.54) is 0 Å². The molecule has 26 heavy (non-hydrogen) atoms. The first-order valence-corrected chi connectivity index (χ1v) is 11.7. The topological polar surface area (TPSA) is 124 Å². The Morgan fingerprint density at radius 2 is 1.46 bits per heavy atom. The quantitative estimate of drug-likeness (QED) is 0.691. The number of rotatable bonds is 6. The number of carbonyl (C=O) groups is 1. The molecule has 0 aromatic heterocycles. The molecule has 144 valence electrons. The molecule has 0 amide bonds. The minimum absolute atomic E-state index is 0.316. The Labute approximate surface area is 152 Å². The van der Waals surface area contributed by atoms with Crippen LogP contribution < -0.4 is 0 Å². The van der Waals surface area contributed by atoms with Crippen molar-refractivity contribution in [3.8, 4) is 0 Å². The van der Waals surface area contributed by atoms with Crippen molar-refractivity contribution in [3.05, 3.63) is 35.9 Å². The average Bonchev–Trinajstić information content (AvgIpc) is 3.02. The van der Waals surface area contributed by atoms with Crippen LogP contribution in [0.3, 0.4) is 0 Å². The second-order valence-electron chi connectivity index (χ2n) is 6.89. The number of hydrogen-bond acceptors (Lipinski definition) is 7. The molecule has 0 saturated heterocycles. The summed E-state index contributed by atoms with van der Waals surface area (Å²) >= 11 is 0. The molecule has 1 aromatic carbocycles. The summed E-state index contributed by atoms with van der Waals surface area (Å²) in [5, 5.41) is 9.74. The van der Waals surface area contributed by atoms with Gasteiger partial charge < -0.3 is 5.11 Å². The Morgan fingerprint density at radius 1 is 0.962 bits per heavy atom. The van der Waals surface area contributed by atoms with Crippen LogP contribution in [0.25, 0.3) is 0 Å². The molecule has 0 radical (unpaired) electrons. The summed E-state index contributed by atoms with van der Waals surface area (Å²) in [6.07, 6.45) is -0.156. The van der Waals surface area contributed by atoms with Gasteiger partial charge in [-0.05, 0) is 17.9 Å². The number of benzene rings is 1. The Bertz CT molecular complexity index is 893. The van der Waals surface area contributed by atoms with Crippen LogP contribution in [0.4, 0.5) is 0 Å². The fraction of sp³-hybridized carbons (Fsp3) is 0.562. The van der Waals surface area contributed by atoms with Crippen LogP contribution >= 0.6 is 0 Å². The van der Waals surface area contributed by atoms with Gasteiger partial charge in [0.1, 0.15) is 12.2 Å². The predicted octanol–water partition coefficient (Wildman–Crippen LogP) is 0.810. The van der Waals surface area contributed by atoms with Crippen LogP contribution in [0.1, 0.15) is 17.9 Å². The van der Waals surface area contributed by atoms with Gasteiger partial charge in [0.15, 0.2) is 0 Å².